The van der Waals surface area contributed by atoms with E-state index in [0.717, 1.165) is 22.3 Å². The van der Waals surface area contributed by atoms with E-state index in [9.17, 15) is 19.5 Å². The van der Waals surface area contributed by atoms with Crippen molar-refractivity contribution in [2.24, 2.45) is 5.92 Å². The molecule has 2 aromatic carbocycles. The molecule has 4 rings (SSSR count). The van der Waals surface area contributed by atoms with Gasteiger partial charge in [0.1, 0.15) is 12.2 Å². The third-order valence-electron chi connectivity index (χ3n) is 6.72. The number of carboxylic acids is 1. The molecule has 8 nitrogen and oxygen atoms in total. The number of nitrogens with one attached hydrogen (secondary N) is 1. The lowest BCUT2D eigenvalue weighted by atomic mass is 9.89. The van der Waals surface area contributed by atoms with Crippen LogP contribution in [0.1, 0.15) is 57.1 Å². The fourth-order valence-electron chi connectivity index (χ4n) is 5.15. The zero-order chi connectivity index (χ0) is 25.9. The maximum Gasteiger partial charge on any atom is 0.410 e. The number of rotatable bonds is 6. The highest BCUT2D eigenvalue weighted by atomic mass is 16.6. The van der Waals surface area contributed by atoms with Crippen LogP contribution in [0.5, 0.6) is 0 Å². The first-order valence-electron chi connectivity index (χ1n) is 12.4. The van der Waals surface area contributed by atoms with Gasteiger partial charge in [-0.25, -0.2) is 9.59 Å². The molecule has 1 aliphatic heterocycles. The maximum atomic E-state index is 12.8. The number of fused-ring (bicyclic) bond motifs is 3. The molecular weight excluding hydrogens is 460 g/mol. The van der Waals surface area contributed by atoms with Crippen molar-refractivity contribution in [2.45, 2.75) is 57.6 Å². The fraction of sp³-hybridized carbons (Fsp3) is 0.464. The standard InChI is InChI=1S/C28H34N2O6/c1-28(2,3)36-27(34)30-14-8-9-18(16-30)24(15-25(31)32)29-26(33)35-17-23-21-12-6-4-10-19(21)20-11-5-7-13-22(20)23/h4-7,10-13,18,23-24H,8-9,14-17H2,1-3H3,(H,29,33)(H,31,32). The summed E-state index contributed by atoms with van der Waals surface area (Å²) in [6.45, 7) is 6.41. The van der Waals surface area contributed by atoms with Crippen molar-refractivity contribution < 1.29 is 29.0 Å². The third-order valence-corrected chi connectivity index (χ3v) is 6.72. The summed E-state index contributed by atoms with van der Waals surface area (Å²) in [7, 11) is 0. The second-order valence-electron chi connectivity index (χ2n) is 10.5. The van der Waals surface area contributed by atoms with Gasteiger partial charge in [-0.1, -0.05) is 48.5 Å². The summed E-state index contributed by atoms with van der Waals surface area (Å²) < 4.78 is 11.1. The molecule has 2 unspecified atom stereocenters. The quantitative estimate of drug-likeness (QED) is 0.585. The predicted octanol–water partition coefficient (Wildman–Crippen LogP) is 5.02. The highest BCUT2D eigenvalue weighted by Crippen LogP contribution is 2.44. The van der Waals surface area contributed by atoms with Gasteiger partial charge in [0.25, 0.3) is 0 Å². The Bertz CT molecular complexity index is 1080. The zero-order valence-electron chi connectivity index (χ0n) is 21.0. The van der Waals surface area contributed by atoms with E-state index in [2.05, 4.69) is 17.4 Å². The average Bonchev–Trinajstić information content (AvgIpc) is 3.15. The number of carbonyl (C=O) groups is 3. The van der Waals surface area contributed by atoms with Gasteiger partial charge < -0.3 is 24.8 Å². The molecule has 2 atom stereocenters. The van der Waals surface area contributed by atoms with E-state index in [0.29, 0.717) is 25.9 Å². The maximum absolute atomic E-state index is 12.8. The molecule has 1 saturated heterocycles. The van der Waals surface area contributed by atoms with Crippen LogP contribution in [0.3, 0.4) is 0 Å². The number of amides is 2. The van der Waals surface area contributed by atoms with E-state index in [-0.39, 0.29) is 24.9 Å². The van der Waals surface area contributed by atoms with Gasteiger partial charge in [0.15, 0.2) is 0 Å². The molecule has 0 bridgehead atoms. The predicted molar refractivity (Wildman–Crippen MR) is 135 cm³/mol. The van der Waals surface area contributed by atoms with Crippen LogP contribution < -0.4 is 5.32 Å². The molecule has 1 fully saturated rings. The Balaban J connectivity index is 1.40. The van der Waals surface area contributed by atoms with Crippen molar-refractivity contribution in [3.05, 3.63) is 59.7 Å². The van der Waals surface area contributed by atoms with E-state index in [4.69, 9.17) is 9.47 Å². The number of likely N-dealkylation sites (tertiary alicyclic amines) is 1. The average molecular weight is 495 g/mol. The normalized spacial score (nSPS) is 18.1. The molecule has 2 aromatic rings. The lowest BCUT2D eigenvalue weighted by molar-refractivity contribution is -0.138. The Kier molecular flexibility index (Phi) is 7.52. The summed E-state index contributed by atoms with van der Waals surface area (Å²) in [6, 6.07) is 15.5. The summed E-state index contributed by atoms with van der Waals surface area (Å²) in [4.78, 5) is 38.6. The van der Waals surface area contributed by atoms with Crippen LogP contribution >= 0.6 is 0 Å². The molecule has 2 aliphatic rings. The minimum atomic E-state index is -1.02. The number of piperidine rings is 1. The molecule has 36 heavy (non-hydrogen) atoms. The van der Waals surface area contributed by atoms with Crippen molar-refractivity contribution in [2.75, 3.05) is 19.7 Å². The number of ether oxygens (including phenoxy) is 2. The molecule has 8 heteroatoms. The minimum absolute atomic E-state index is 0.0848. The van der Waals surface area contributed by atoms with Crippen LogP contribution in [0.15, 0.2) is 48.5 Å². The number of nitrogens with zero attached hydrogens (tertiary/aromatic N) is 1. The van der Waals surface area contributed by atoms with Crippen molar-refractivity contribution >= 4 is 18.2 Å². The van der Waals surface area contributed by atoms with Crippen molar-refractivity contribution in [3.63, 3.8) is 0 Å². The number of hydrogen-bond acceptors (Lipinski definition) is 5. The summed E-state index contributed by atoms with van der Waals surface area (Å²) in [5.74, 6) is -1.32. The Labute approximate surface area is 211 Å². The van der Waals surface area contributed by atoms with E-state index in [1.165, 1.54) is 0 Å². The molecule has 0 aromatic heterocycles. The highest BCUT2D eigenvalue weighted by Gasteiger charge is 2.34. The largest absolute Gasteiger partial charge is 0.481 e. The van der Waals surface area contributed by atoms with Gasteiger partial charge in [-0.05, 0) is 61.8 Å². The van der Waals surface area contributed by atoms with Gasteiger partial charge in [0, 0.05) is 25.0 Å². The van der Waals surface area contributed by atoms with Gasteiger partial charge >= 0.3 is 18.2 Å². The van der Waals surface area contributed by atoms with Crippen LogP contribution in [0, 0.1) is 5.92 Å². The fourth-order valence-corrected chi connectivity index (χ4v) is 5.15. The molecule has 1 heterocycles. The first kappa shape index (κ1) is 25.5. The zero-order valence-corrected chi connectivity index (χ0v) is 21.0. The van der Waals surface area contributed by atoms with Gasteiger partial charge in [-0.3, -0.25) is 4.79 Å². The monoisotopic (exact) mass is 494 g/mol. The second kappa shape index (κ2) is 10.6. The molecule has 2 N–H and O–H groups in total. The van der Waals surface area contributed by atoms with Crippen molar-refractivity contribution in [3.8, 4) is 11.1 Å². The van der Waals surface area contributed by atoms with Gasteiger partial charge in [-0.15, -0.1) is 0 Å². The molecule has 2 amide bonds. The van der Waals surface area contributed by atoms with Crippen LogP contribution in [-0.2, 0) is 14.3 Å². The lowest BCUT2D eigenvalue weighted by Crippen LogP contribution is -2.50. The van der Waals surface area contributed by atoms with E-state index in [1.54, 1.807) is 25.7 Å². The number of carboxylic acid groups (broad SMARTS) is 1. The number of benzene rings is 2. The first-order chi connectivity index (χ1) is 17.1. The van der Waals surface area contributed by atoms with Gasteiger partial charge in [-0.2, -0.15) is 0 Å². The van der Waals surface area contributed by atoms with Gasteiger partial charge in [0.05, 0.1) is 6.42 Å². The molecule has 0 radical (unpaired) electrons. The number of aliphatic carboxylic acids is 1. The van der Waals surface area contributed by atoms with Crippen LogP contribution in [0.25, 0.3) is 11.1 Å². The Morgan fingerprint density at radius 3 is 2.25 bits per heavy atom. The smallest absolute Gasteiger partial charge is 0.410 e. The van der Waals surface area contributed by atoms with E-state index in [1.807, 2.05) is 36.4 Å². The van der Waals surface area contributed by atoms with Gasteiger partial charge in [0.2, 0.25) is 0 Å². The van der Waals surface area contributed by atoms with Crippen molar-refractivity contribution in [1.82, 2.24) is 10.2 Å². The molecular formula is C28H34N2O6. The molecule has 192 valence electrons. The Morgan fingerprint density at radius 1 is 1.06 bits per heavy atom. The second-order valence-corrected chi connectivity index (χ2v) is 10.5. The minimum Gasteiger partial charge on any atom is -0.481 e. The topological polar surface area (TPSA) is 105 Å². The number of alkyl carbamates (subject to hydrolysis) is 1. The number of hydrogen-bond donors (Lipinski definition) is 2. The van der Waals surface area contributed by atoms with E-state index >= 15 is 0 Å². The van der Waals surface area contributed by atoms with Crippen molar-refractivity contribution in [1.29, 1.82) is 0 Å². The Hall–Kier alpha value is -3.55. The SMILES string of the molecule is CC(C)(C)OC(=O)N1CCCC(C(CC(=O)O)NC(=O)OCC2c3ccccc3-c3ccccc32)C1. The molecule has 0 spiro atoms. The molecule has 0 saturated carbocycles. The summed E-state index contributed by atoms with van der Waals surface area (Å²) in [5, 5.41) is 12.3. The first-order valence-corrected chi connectivity index (χ1v) is 12.4. The summed E-state index contributed by atoms with van der Waals surface area (Å²) in [5.41, 5.74) is 3.86. The third kappa shape index (κ3) is 5.98. The summed E-state index contributed by atoms with van der Waals surface area (Å²) >= 11 is 0. The van der Waals surface area contributed by atoms with E-state index < -0.39 is 29.8 Å². The van der Waals surface area contributed by atoms with Crippen LogP contribution in [-0.4, -0.2) is 59.5 Å². The highest BCUT2D eigenvalue weighted by molar-refractivity contribution is 5.79. The van der Waals surface area contributed by atoms with Crippen LogP contribution in [0.2, 0.25) is 0 Å². The number of carbonyl (C=O) groups excluding carboxylic acids is 2. The lowest BCUT2D eigenvalue weighted by Gasteiger charge is -2.37. The summed E-state index contributed by atoms with van der Waals surface area (Å²) in [6.07, 6.45) is 0.0598. The molecule has 1 aliphatic carbocycles. The van der Waals surface area contributed by atoms with Crippen LogP contribution in [0.4, 0.5) is 9.59 Å². The Morgan fingerprint density at radius 2 is 1.67 bits per heavy atom.